The lowest BCUT2D eigenvalue weighted by Gasteiger charge is -2.24. The Labute approximate surface area is 174 Å². The van der Waals surface area contributed by atoms with Crippen LogP contribution >= 0.6 is 0 Å². The van der Waals surface area contributed by atoms with Crippen LogP contribution in [0.15, 0.2) is 66.9 Å². The molecule has 2 aromatic carbocycles. The maximum atomic E-state index is 13.5. The lowest BCUT2D eigenvalue weighted by molar-refractivity contribution is 0.0767. The average molecular weight is 408 g/mol. The van der Waals surface area contributed by atoms with E-state index in [9.17, 15) is 13.6 Å². The number of nitrogens with one attached hydrogen (secondary N) is 1. The van der Waals surface area contributed by atoms with E-state index in [-0.39, 0.29) is 17.5 Å². The van der Waals surface area contributed by atoms with Crippen LogP contribution in [0.5, 0.6) is 0 Å². The van der Waals surface area contributed by atoms with Gasteiger partial charge in [-0.3, -0.25) is 4.79 Å². The minimum Gasteiger partial charge on any atom is -0.370 e. The molecule has 3 aromatic rings. The van der Waals surface area contributed by atoms with Gasteiger partial charge in [-0.25, -0.2) is 13.8 Å². The van der Waals surface area contributed by atoms with Crippen LogP contribution in [0.25, 0.3) is 0 Å². The van der Waals surface area contributed by atoms with Crippen molar-refractivity contribution in [2.24, 2.45) is 0 Å². The van der Waals surface area contributed by atoms with Gasteiger partial charge >= 0.3 is 0 Å². The van der Waals surface area contributed by atoms with Crippen LogP contribution in [0.1, 0.15) is 16.8 Å². The predicted molar refractivity (Wildman–Crippen MR) is 113 cm³/mol. The van der Waals surface area contributed by atoms with Crippen LogP contribution in [0.2, 0.25) is 0 Å². The molecule has 1 aliphatic rings. The number of benzene rings is 2. The molecule has 0 bridgehead atoms. The normalized spacial score (nSPS) is 14.3. The van der Waals surface area contributed by atoms with Crippen molar-refractivity contribution in [2.75, 3.05) is 36.4 Å². The van der Waals surface area contributed by atoms with Crippen LogP contribution in [0.4, 0.5) is 26.0 Å². The third-order valence-electron chi connectivity index (χ3n) is 5.10. The molecular weight excluding hydrogens is 386 g/mol. The Balaban J connectivity index is 1.49. The summed E-state index contributed by atoms with van der Waals surface area (Å²) in [6.45, 7) is 2.61. The van der Waals surface area contributed by atoms with Gasteiger partial charge in [-0.15, -0.1) is 0 Å². The molecule has 1 aromatic heterocycles. The summed E-state index contributed by atoms with van der Waals surface area (Å²) < 4.78 is 26.7. The van der Waals surface area contributed by atoms with Crippen molar-refractivity contribution < 1.29 is 13.6 Å². The highest BCUT2D eigenvalue weighted by molar-refractivity contribution is 5.99. The van der Waals surface area contributed by atoms with Crippen molar-refractivity contribution in [2.45, 2.75) is 6.42 Å². The van der Waals surface area contributed by atoms with E-state index in [0.717, 1.165) is 18.7 Å². The fraction of sp³-hybridized carbons (Fsp3) is 0.217. The van der Waals surface area contributed by atoms with E-state index < -0.39 is 0 Å². The summed E-state index contributed by atoms with van der Waals surface area (Å²) >= 11 is 0. The first-order valence-corrected chi connectivity index (χ1v) is 9.87. The van der Waals surface area contributed by atoms with E-state index in [4.69, 9.17) is 0 Å². The maximum Gasteiger partial charge on any atom is 0.257 e. The number of aromatic nitrogens is 1. The number of anilines is 3. The van der Waals surface area contributed by atoms with Crippen LogP contribution in [-0.2, 0) is 0 Å². The van der Waals surface area contributed by atoms with Gasteiger partial charge < -0.3 is 15.1 Å². The van der Waals surface area contributed by atoms with E-state index in [1.54, 1.807) is 47.5 Å². The molecule has 0 spiro atoms. The van der Waals surface area contributed by atoms with Gasteiger partial charge in [0.15, 0.2) is 0 Å². The summed E-state index contributed by atoms with van der Waals surface area (Å²) in [5.74, 6) is -0.354. The third-order valence-corrected chi connectivity index (χ3v) is 5.10. The molecule has 1 fully saturated rings. The average Bonchev–Trinajstić information content (AvgIpc) is 3.01. The monoisotopic (exact) mass is 408 g/mol. The number of carbonyl (C=O) groups is 1. The highest BCUT2D eigenvalue weighted by Crippen LogP contribution is 2.22. The lowest BCUT2D eigenvalue weighted by atomic mass is 10.2. The Kier molecular flexibility index (Phi) is 5.88. The number of amides is 1. The zero-order valence-electron chi connectivity index (χ0n) is 16.4. The number of nitrogens with zero attached hydrogens (tertiary/aromatic N) is 3. The Bertz CT molecular complexity index is 1030. The number of hydrogen-bond acceptors (Lipinski definition) is 4. The van der Waals surface area contributed by atoms with Crippen molar-refractivity contribution in [3.05, 3.63) is 84.1 Å². The van der Waals surface area contributed by atoms with Gasteiger partial charge in [0.25, 0.3) is 5.91 Å². The topological polar surface area (TPSA) is 48.5 Å². The second-order valence-corrected chi connectivity index (χ2v) is 7.14. The first kappa shape index (κ1) is 19.8. The van der Waals surface area contributed by atoms with E-state index in [2.05, 4.69) is 15.2 Å². The molecule has 0 saturated carbocycles. The van der Waals surface area contributed by atoms with E-state index in [0.29, 0.717) is 36.7 Å². The Morgan fingerprint density at radius 1 is 0.900 bits per heavy atom. The highest BCUT2D eigenvalue weighted by atomic mass is 19.1. The van der Waals surface area contributed by atoms with Crippen LogP contribution < -0.4 is 10.2 Å². The number of pyridine rings is 1. The van der Waals surface area contributed by atoms with Crippen molar-refractivity contribution in [1.82, 2.24) is 9.88 Å². The summed E-state index contributed by atoms with van der Waals surface area (Å²) in [7, 11) is 0. The largest absolute Gasteiger partial charge is 0.370 e. The molecule has 30 heavy (non-hydrogen) atoms. The minimum absolute atomic E-state index is 0.122. The number of halogens is 2. The standard InChI is InChI=1S/C23H22F2N4O/c24-17-7-9-20(10-8-17)28-12-3-13-29(15-14-28)23(30)21-6-2-11-26-22(21)27-19-5-1-4-18(25)16-19/h1-2,4-11,16H,3,12-15H2,(H,26,27). The SMILES string of the molecule is O=C(c1cccnc1Nc1cccc(F)c1)N1CCCN(c2ccc(F)cc2)CC1. The lowest BCUT2D eigenvalue weighted by Crippen LogP contribution is -2.35. The number of rotatable bonds is 4. The van der Waals surface area contributed by atoms with Gasteiger partial charge in [0.2, 0.25) is 0 Å². The first-order chi connectivity index (χ1) is 14.6. The molecule has 0 aliphatic carbocycles. The fourth-order valence-electron chi connectivity index (χ4n) is 3.58. The minimum atomic E-state index is -0.364. The first-order valence-electron chi connectivity index (χ1n) is 9.87. The van der Waals surface area contributed by atoms with Crippen molar-refractivity contribution in [3.8, 4) is 0 Å². The van der Waals surface area contributed by atoms with Crippen molar-refractivity contribution in [1.29, 1.82) is 0 Å². The quantitative estimate of drug-likeness (QED) is 0.693. The summed E-state index contributed by atoms with van der Waals surface area (Å²) in [6.07, 6.45) is 2.40. The van der Waals surface area contributed by atoms with Gasteiger partial charge in [0.05, 0.1) is 5.56 Å². The molecular formula is C23H22F2N4O. The molecule has 0 atom stereocenters. The molecule has 154 valence electrons. The van der Waals surface area contributed by atoms with Crippen LogP contribution in [-0.4, -0.2) is 42.0 Å². The van der Waals surface area contributed by atoms with Gasteiger partial charge in [-0.1, -0.05) is 6.07 Å². The zero-order valence-corrected chi connectivity index (χ0v) is 16.4. The molecule has 4 rings (SSSR count). The van der Waals surface area contributed by atoms with E-state index in [1.165, 1.54) is 24.3 Å². The second kappa shape index (κ2) is 8.90. The maximum absolute atomic E-state index is 13.5. The molecule has 5 nitrogen and oxygen atoms in total. The van der Waals surface area contributed by atoms with Crippen molar-refractivity contribution in [3.63, 3.8) is 0 Å². The summed E-state index contributed by atoms with van der Waals surface area (Å²) in [5, 5.41) is 3.04. The fourth-order valence-corrected chi connectivity index (χ4v) is 3.58. The Morgan fingerprint density at radius 2 is 1.73 bits per heavy atom. The molecule has 7 heteroatoms. The predicted octanol–water partition coefficient (Wildman–Crippen LogP) is 4.46. The summed E-state index contributed by atoms with van der Waals surface area (Å²) in [5.41, 5.74) is 1.92. The highest BCUT2D eigenvalue weighted by Gasteiger charge is 2.23. The molecule has 1 amide bonds. The Morgan fingerprint density at radius 3 is 2.53 bits per heavy atom. The molecule has 0 radical (unpaired) electrons. The van der Waals surface area contributed by atoms with Gasteiger partial charge in [0.1, 0.15) is 17.5 Å². The number of hydrogen-bond donors (Lipinski definition) is 1. The van der Waals surface area contributed by atoms with Gasteiger partial charge in [-0.2, -0.15) is 0 Å². The van der Waals surface area contributed by atoms with Crippen LogP contribution in [0, 0.1) is 11.6 Å². The third kappa shape index (κ3) is 4.56. The molecule has 1 N–H and O–H groups in total. The van der Waals surface area contributed by atoms with Crippen LogP contribution in [0.3, 0.4) is 0 Å². The van der Waals surface area contributed by atoms with E-state index in [1.807, 2.05) is 0 Å². The second-order valence-electron chi connectivity index (χ2n) is 7.14. The number of carbonyl (C=O) groups excluding carboxylic acids is 1. The summed E-state index contributed by atoms with van der Waals surface area (Å²) in [4.78, 5) is 21.5. The molecule has 2 heterocycles. The smallest absolute Gasteiger partial charge is 0.257 e. The van der Waals surface area contributed by atoms with Crippen molar-refractivity contribution >= 4 is 23.1 Å². The molecule has 1 saturated heterocycles. The summed E-state index contributed by atoms with van der Waals surface area (Å²) in [6, 6.07) is 15.9. The van der Waals surface area contributed by atoms with Gasteiger partial charge in [0, 0.05) is 43.8 Å². The molecule has 1 aliphatic heterocycles. The Hall–Kier alpha value is -3.48. The van der Waals surface area contributed by atoms with Gasteiger partial charge in [-0.05, 0) is 61.0 Å². The molecule has 0 unspecified atom stereocenters. The zero-order chi connectivity index (χ0) is 20.9. The van der Waals surface area contributed by atoms with E-state index >= 15 is 0 Å².